The van der Waals surface area contributed by atoms with Crippen LogP contribution in [0.25, 0.3) is 0 Å². The summed E-state index contributed by atoms with van der Waals surface area (Å²) in [6.07, 6.45) is 1.48. The van der Waals surface area contributed by atoms with Gasteiger partial charge in [-0.05, 0) is 24.6 Å². The molecule has 0 bridgehead atoms. The van der Waals surface area contributed by atoms with Gasteiger partial charge in [-0.2, -0.15) is 0 Å². The van der Waals surface area contributed by atoms with Crippen molar-refractivity contribution in [3.05, 3.63) is 29.6 Å². The van der Waals surface area contributed by atoms with E-state index in [1.807, 2.05) is 0 Å². The van der Waals surface area contributed by atoms with Crippen molar-refractivity contribution < 1.29 is 9.59 Å². The van der Waals surface area contributed by atoms with Gasteiger partial charge in [-0.3, -0.25) is 14.6 Å². The van der Waals surface area contributed by atoms with E-state index in [1.165, 1.54) is 20.0 Å². The molecule has 4 nitrogen and oxygen atoms in total. The number of Topliss-reactive ketones (excluding diaryl/α,β-unsaturated/α-hetero) is 2. The minimum absolute atomic E-state index is 0.134. The number of carbonyl (C=O) groups excluding carboxylic acids is 2. The highest BCUT2D eigenvalue weighted by Crippen LogP contribution is 2.11. The number of rotatable bonds is 3. The topological polar surface area (TPSA) is 73.1 Å². The highest BCUT2D eigenvalue weighted by Gasteiger charge is 2.12. The van der Waals surface area contributed by atoms with E-state index < -0.39 is 6.04 Å². The maximum Gasteiger partial charge on any atom is 0.178 e. The first-order chi connectivity index (χ1) is 6.52. The molecule has 0 aliphatic heterocycles. The van der Waals surface area contributed by atoms with Crippen molar-refractivity contribution >= 4 is 11.6 Å². The number of nitrogens with zero attached hydrogens (tertiary/aromatic N) is 1. The van der Waals surface area contributed by atoms with Gasteiger partial charge in [-0.25, -0.2) is 0 Å². The second-order valence-corrected chi connectivity index (χ2v) is 3.12. The molecule has 4 heteroatoms. The summed E-state index contributed by atoms with van der Waals surface area (Å²) in [5.41, 5.74) is 6.57. The molecule has 1 rings (SSSR count). The number of aromatic nitrogens is 1. The van der Waals surface area contributed by atoms with Crippen molar-refractivity contribution in [3.8, 4) is 0 Å². The van der Waals surface area contributed by atoms with E-state index in [4.69, 9.17) is 5.73 Å². The van der Waals surface area contributed by atoms with Gasteiger partial charge in [-0.15, -0.1) is 0 Å². The summed E-state index contributed by atoms with van der Waals surface area (Å²) in [6.45, 7) is 2.84. The van der Waals surface area contributed by atoms with Crippen molar-refractivity contribution in [3.63, 3.8) is 0 Å². The molecular formula is C10H12N2O2. The number of hydrogen-bond acceptors (Lipinski definition) is 4. The van der Waals surface area contributed by atoms with Gasteiger partial charge < -0.3 is 5.73 Å². The second-order valence-electron chi connectivity index (χ2n) is 3.12. The van der Waals surface area contributed by atoms with Crippen LogP contribution in [0.5, 0.6) is 0 Å². The molecule has 1 unspecified atom stereocenters. The van der Waals surface area contributed by atoms with E-state index >= 15 is 0 Å². The van der Waals surface area contributed by atoms with Crippen LogP contribution in [0.3, 0.4) is 0 Å². The van der Waals surface area contributed by atoms with Gasteiger partial charge >= 0.3 is 0 Å². The van der Waals surface area contributed by atoms with Crippen LogP contribution in [0.4, 0.5) is 0 Å². The molecule has 1 aromatic rings. The van der Waals surface area contributed by atoms with E-state index in [-0.39, 0.29) is 11.6 Å². The summed E-state index contributed by atoms with van der Waals surface area (Å²) in [5, 5.41) is 0. The Hall–Kier alpha value is -1.55. The maximum absolute atomic E-state index is 11.0. The third kappa shape index (κ3) is 2.23. The summed E-state index contributed by atoms with van der Waals surface area (Å²) >= 11 is 0. The Morgan fingerprint density at radius 2 is 2.07 bits per heavy atom. The Kier molecular flexibility index (Phi) is 3.09. The van der Waals surface area contributed by atoms with E-state index in [9.17, 15) is 9.59 Å². The lowest BCUT2D eigenvalue weighted by Gasteiger charge is -2.07. The number of nitrogens with two attached hydrogens (primary N) is 1. The first-order valence-corrected chi connectivity index (χ1v) is 4.25. The largest absolute Gasteiger partial charge is 0.318 e. The van der Waals surface area contributed by atoms with Gasteiger partial charge in [-0.1, -0.05) is 0 Å². The summed E-state index contributed by atoms with van der Waals surface area (Å²) in [4.78, 5) is 25.9. The molecule has 0 amide bonds. The van der Waals surface area contributed by atoms with Crippen LogP contribution >= 0.6 is 0 Å². The Labute approximate surface area is 82.1 Å². The minimum atomic E-state index is -0.670. The zero-order valence-electron chi connectivity index (χ0n) is 8.15. The highest BCUT2D eigenvalue weighted by molar-refractivity contribution is 5.92. The quantitative estimate of drug-likeness (QED) is 0.721. The summed E-state index contributed by atoms with van der Waals surface area (Å²) in [6, 6.07) is 2.52. The Bertz CT molecular complexity index is 374. The molecule has 0 aromatic carbocycles. The van der Waals surface area contributed by atoms with E-state index in [0.29, 0.717) is 11.3 Å². The SMILES string of the molecule is CC(=O)c1cc(C(N)C(C)=O)ccn1. The van der Waals surface area contributed by atoms with Crippen molar-refractivity contribution in [1.29, 1.82) is 0 Å². The molecule has 1 atom stereocenters. The lowest BCUT2D eigenvalue weighted by Crippen LogP contribution is -2.19. The number of carbonyl (C=O) groups is 2. The molecule has 1 aromatic heterocycles. The van der Waals surface area contributed by atoms with Crippen LogP contribution in [0.1, 0.15) is 35.9 Å². The van der Waals surface area contributed by atoms with E-state index in [1.54, 1.807) is 12.1 Å². The van der Waals surface area contributed by atoms with Crippen molar-refractivity contribution in [1.82, 2.24) is 4.98 Å². The first-order valence-electron chi connectivity index (χ1n) is 4.25. The van der Waals surface area contributed by atoms with Crippen LogP contribution in [0.15, 0.2) is 18.3 Å². The maximum atomic E-state index is 11.0. The molecule has 14 heavy (non-hydrogen) atoms. The Morgan fingerprint density at radius 1 is 1.43 bits per heavy atom. The molecule has 0 aliphatic rings. The average Bonchev–Trinajstić information content (AvgIpc) is 2.16. The van der Waals surface area contributed by atoms with Crippen LogP contribution in [-0.4, -0.2) is 16.6 Å². The zero-order chi connectivity index (χ0) is 10.7. The van der Waals surface area contributed by atoms with Gasteiger partial charge in [0.15, 0.2) is 11.6 Å². The van der Waals surface area contributed by atoms with E-state index in [0.717, 1.165) is 0 Å². The van der Waals surface area contributed by atoms with E-state index in [2.05, 4.69) is 4.98 Å². The lowest BCUT2D eigenvalue weighted by molar-refractivity contribution is -0.118. The number of hydrogen-bond donors (Lipinski definition) is 1. The fourth-order valence-electron chi connectivity index (χ4n) is 1.07. The van der Waals surface area contributed by atoms with Gasteiger partial charge in [0.25, 0.3) is 0 Å². The predicted octanol–water partition coefficient (Wildman–Crippen LogP) is 0.873. The van der Waals surface area contributed by atoms with Gasteiger partial charge in [0.05, 0.1) is 6.04 Å². The van der Waals surface area contributed by atoms with Crippen molar-refractivity contribution in [2.75, 3.05) is 0 Å². The second kappa shape index (κ2) is 4.11. The van der Waals surface area contributed by atoms with Crippen molar-refractivity contribution in [2.24, 2.45) is 5.73 Å². The summed E-state index contributed by atoms with van der Waals surface area (Å²) in [5.74, 6) is -0.270. The fraction of sp³-hybridized carbons (Fsp3) is 0.300. The smallest absolute Gasteiger partial charge is 0.178 e. The van der Waals surface area contributed by atoms with Gasteiger partial charge in [0.2, 0.25) is 0 Å². The molecule has 0 fully saturated rings. The molecule has 0 saturated heterocycles. The monoisotopic (exact) mass is 192 g/mol. The zero-order valence-corrected chi connectivity index (χ0v) is 8.15. The van der Waals surface area contributed by atoms with Gasteiger partial charge in [0, 0.05) is 13.1 Å². The molecule has 0 spiro atoms. The summed E-state index contributed by atoms with van der Waals surface area (Å²) < 4.78 is 0. The fourth-order valence-corrected chi connectivity index (χ4v) is 1.07. The Morgan fingerprint density at radius 3 is 2.57 bits per heavy atom. The molecule has 0 saturated carbocycles. The number of ketones is 2. The van der Waals surface area contributed by atoms with Crippen LogP contribution in [0, 0.1) is 0 Å². The highest BCUT2D eigenvalue weighted by atomic mass is 16.1. The Balaban J connectivity index is 3.05. The molecular weight excluding hydrogens is 180 g/mol. The molecule has 0 aliphatic carbocycles. The third-order valence-corrected chi connectivity index (χ3v) is 1.94. The predicted molar refractivity (Wildman–Crippen MR) is 51.9 cm³/mol. The first kappa shape index (κ1) is 10.5. The summed E-state index contributed by atoms with van der Waals surface area (Å²) in [7, 11) is 0. The van der Waals surface area contributed by atoms with Gasteiger partial charge in [0.1, 0.15) is 5.69 Å². The normalized spacial score (nSPS) is 12.2. The standard InChI is InChI=1S/C10H12N2O2/c1-6(13)9-5-8(3-4-12-9)10(11)7(2)14/h3-5,10H,11H2,1-2H3. The molecule has 2 N–H and O–H groups in total. The minimum Gasteiger partial charge on any atom is -0.318 e. The number of pyridine rings is 1. The van der Waals surface area contributed by atoms with Crippen LogP contribution in [0.2, 0.25) is 0 Å². The lowest BCUT2D eigenvalue weighted by atomic mass is 10.0. The van der Waals surface area contributed by atoms with Crippen LogP contribution < -0.4 is 5.73 Å². The third-order valence-electron chi connectivity index (χ3n) is 1.94. The molecule has 74 valence electrons. The molecule has 1 heterocycles. The average molecular weight is 192 g/mol. The van der Waals surface area contributed by atoms with Crippen LogP contribution in [-0.2, 0) is 4.79 Å². The van der Waals surface area contributed by atoms with Crippen molar-refractivity contribution in [2.45, 2.75) is 19.9 Å². The molecule has 0 radical (unpaired) electrons.